The maximum absolute atomic E-state index is 11.6. The molecule has 0 bridgehead atoms. The van der Waals surface area contributed by atoms with Crippen LogP contribution in [0.5, 0.6) is 0 Å². The molecule has 1 heterocycles. The molecule has 1 aliphatic heterocycles. The van der Waals surface area contributed by atoms with Crippen LogP contribution < -0.4 is 10.6 Å². The lowest BCUT2D eigenvalue weighted by molar-refractivity contribution is -0.149. The minimum absolute atomic E-state index is 0.0126. The molecule has 0 spiro atoms. The molecule has 1 unspecified atom stereocenters. The summed E-state index contributed by atoms with van der Waals surface area (Å²) in [5.41, 5.74) is -1.07. The summed E-state index contributed by atoms with van der Waals surface area (Å²) in [4.78, 5) is 33.4. The first kappa shape index (κ1) is 13.5. The van der Waals surface area contributed by atoms with Gasteiger partial charge in [-0.05, 0) is 20.3 Å². The van der Waals surface area contributed by atoms with Crippen LogP contribution in [0.15, 0.2) is 0 Å². The number of hydrogen-bond donors (Lipinski definition) is 3. The van der Waals surface area contributed by atoms with E-state index in [1.165, 1.54) is 13.8 Å². The number of aliphatic carboxylic acids is 1. The fourth-order valence-electron chi connectivity index (χ4n) is 1.61. The molecule has 0 aromatic heterocycles. The number of piperidine rings is 1. The molecule has 6 heteroatoms. The van der Waals surface area contributed by atoms with E-state index in [1.54, 1.807) is 0 Å². The van der Waals surface area contributed by atoms with Crippen LogP contribution in [0.1, 0.15) is 33.1 Å². The first-order chi connectivity index (χ1) is 7.81. The normalized spacial score (nSPS) is 20.6. The molecular weight excluding hydrogens is 224 g/mol. The van der Waals surface area contributed by atoms with Gasteiger partial charge in [-0.25, -0.2) is 0 Å². The summed E-state index contributed by atoms with van der Waals surface area (Å²) in [6.07, 6.45) is 0.936. The van der Waals surface area contributed by atoms with Crippen molar-refractivity contribution in [2.75, 3.05) is 6.54 Å². The van der Waals surface area contributed by atoms with Crippen LogP contribution >= 0.6 is 0 Å². The molecule has 1 atom stereocenters. The average Bonchev–Trinajstić information content (AvgIpc) is 2.20. The van der Waals surface area contributed by atoms with Gasteiger partial charge in [-0.1, -0.05) is 0 Å². The van der Waals surface area contributed by atoms with Gasteiger partial charge < -0.3 is 15.7 Å². The molecule has 17 heavy (non-hydrogen) atoms. The van der Waals surface area contributed by atoms with Crippen molar-refractivity contribution in [2.24, 2.45) is 5.41 Å². The molecule has 1 saturated heterocycles. The van der Waals surface area contributed by atoms with Crippen molar-refractivity contribution >= 4 is 17.8 Å². The quantitative estimate of drug-likeness (QED) is 0.640. The van der Waals surface area contributed by atoms with E-state index >= 15 is 0 Å². The van der Waals surface area contributed by atoms with Crippen LogP contribution in [0.25, 0.3) is 0 Å². The van der Waals surface area contributed by atoms with Crippen molar-refractivity contribution in [3.63, 3.8) is 0 Å². The average molecular weight is 242 g/mol. The zero-order chi connectivity index (χ0) is 13.1. The Morgan fingerprint density at radius 2 is 2.18 bits per heavy atom. The van der Waals surface area contributed by atoms with Crippen molar-refractivity contribution in [3.05, 3.63) is 0 Å². The number of amides is 2. The fourth-order valence-corrected chi connectivity index (χ4v) is 1.61. The number of carboxylic acid groups (broad SMARTS) is 1. The second kappa shape index (κ2) is 5.16. The van der Waals surface area contributed by atoms with Gasteiger partial charge in [-0.3, -0.25) is 14.4 Å². The van der Waals surface area contributed by atoms with Crippen molar-refractivity contribution in [1.29, 1.82) is 0 Å². The Kier molecular flexibility index (Phi) is 4.09. The smallest absolute Gasteiger partial charge is 0.309 e. The Balaban J connectivity index is 2.40. The molecule has 6 nitrogen and oxygen atoms in total. The SMILES string of the molecule is CC(C)(CC(=O)NC1CCC(=O)NC1)C(=O)O. The number of carbonyl (C=O) groups is 3. The Hall–Kier alpha value is -1.59. The van der Waals surface area contributed by atoms with Gasteiger partial charge in [0.05, 0.1) is 5.41 Å². The Labute approximate surface area is 99.8 Å². The lowest BCUT2D eigenvalue weighted by Crippen LogP contribution is -2.48. The van der Waals surface area contributed by atoms with Crippen LogP contribution in [0.4, 0.5) is 0 Å². The van der Waals surface area contributed by atoms with E-state index in [-0.39, 0.29) is 24.3 Å². The summed E-state index contributed by atoms with van der Waals surface area (Å²) in [5.74, 6) is -1.30. The van der Waals surface area contributed by atoms with Crippen molar-refractivity contribution in [3.8, 4) is 0 Å². The zero-order valence-corrected chi connectivity index (χ0v) is 10.1. The minimum atomic E-state index is -1.07. The first-order valence-corrected chi connectivity index (χ1v) is 5.61. The number of nitrogens with one attached hydrogen (secondary N) is 2. The van der Waals surface area contributed by atoms with Gasteiger partial charge in [-0.2, -0.15) is 0 Å². The number of carboxylic acids is 1. The van der Waals surface area contributed by atoms with Gasteiger partial charge in [0, 0.05) is 25.4 Å². The number of carbonyl (C=O) groups excluding carboxylic acids is 2. The molecule has 0 aliphatic carbocycles. The molecule has 1 aliphatic rings. The van der Waals surface area contributed by atoms with E-state index in [1.807, 2.05) is 0 Å². The maximum atomic E-state index is 11.6. The van der Waals surface area contributed by atoms with Gasteiger partial charge in [-0.15, -0.1) is 0 Å². The van der Waals surface area contributed by atoms with E-state index in [0.29, 0.717) is 19.4 Å². The van der Waals surface area contributed by atoms with Crippen LogP contribution in [-0.4, -0.2) is 35.5 Å². The Morgan fingerprint density at radius 3 is 2.65 bits per heavy atom. The molecule has 2 amide bonds. The third kappa shape index (κ3) is 4.05. The van der Waals surface area contributed by atoms with E-state index in [4.69, 9.17) is 5.11 Å². The molecular formula is C11H18N2O4. The second-order valence-electron chi connectivity index (χ2n) is 4.97. The molecule has 0 saturated carbocycles. The number of rotatable bonds is 4. The highest BCUT2D eigenvalue weighted by Gasteiger charge is 2.31. The third-order valence-electron chi connectivity index (χ3n) is 2.81. The summed E-state index contributed by atoms with van der Waals surface area (Å²) in [6.45, 7) is 3.44. The zero-order valence-electron chi connectivity index (χ0n) is 10.1. The summed E-state index contributed by atoms with van der Waals surface area (Å²) in [5, 5.41) is 14.3. The predicted octanol–water partition coefficient (Wildman–Crippen LogP) is -0.118. The van der Waals surface area contributed by atoms with Crippen LogP contribution in [0.2, 0.25) is 0 Å². The highest BCUT2D eigenvalue weighted by Crippen LogP contribution is 2.20. The molecule has 1 rings (SSSR count). The van der Waals surface area contributed by atoms with Gasteiger partial charge in [0.15, 0.2) is 0 Å². The lowest BCUT2D eigenvalue weighted by Gasteiger charge is -2.25. The topological polar surface area (TPSA) is 95.5 Å². The molecule has 96 valence electrons. The minimum Gasteiger partial charge on any atom is -0.481 e. The molecule has 0 aromatic rings. The van der Waals surface area contributed by atoms with Crippen molar-refractivity contribution in [2.45, 2.75) is 39.2 Å². The van der Waals surface area contributed by atoms with Crippen molar-refractivity contribution in [1.82, 2.24) is 10.6 Å². The second-order valence-corrected chi connectivity index (χ2v) is 4.97. The van der Waals surface area contributed by atoms with E-state index < -0.39 is 11.4 Å². The summed E-state index contributed by atoms with van der Waals surface area (Å²) >= 11 is 0. The third-order valence-corrected chi connectivity index (χ3v) is 2.81. The highest BCUT2D eigenvalue weighted by molar-refractivity contribution is 5.84. The van der Waals surface area contributed by atoms with Gasteiger partial charge >= 0.3 is 5.97 Å². The predicted molar refractivity (Wildman–Crippen MR) is 60.2 cm³/mol. The van der Waals surface area contributed by atoms with Crippen LogP contribution in [-0.2, 0) is 14.4 Å². The van der Waals surface area contributed by atoms with Crippen LogP contribution in [0.3, 0.4) is 0 Å². The fraction of sp³-hybridized carbons (Fsp3) is 0.727. The molecule has 3 N–H and O–H groups in total. The summed E-state index contributed by atoms with van der Waals surface area (Å²) in [6, 6.07) is -0.0928. The molecule has 1 fully saturated rings. The van der Waals surface area contributed by atoms with E-state index in [2.05, 4.69) is 10.6 Å². The largest absolute Gasteiger partial charge is 0.481 e. The number of hydrogen-bond acceptors (Lipinski definition) is 3. The van der Waals surface area contributed by atoms with Gasteiger partial charge in [0.1, 0.15) is 0 Å². The lowest BCUT2D eigenvalue weighted by atomic mass is 9.89. The summed E-state index contributed by atoms with van der Waals surface area (Å²) in [7, 11) is 0. The molecule has 0 radical (unpaired) electrons. The highest BCUT2D eigenvalue weighted by atomic mass is 16.4. The Morgan fingerprint density at radius 1 is 1.53 bits per heavy atom. The van der Waals surface area contributed by atoms with Gasteiger partial charge in [0.2, 0.25) is 11.8 Å². The van der Waals surface area contributed by atoms with E-state index in [9.17, 15) is 14.4 Å². The van der Waals surface area contributed by atoms with E-state index in [0.717, 1.165) is 0 Å². The maximum Gasteiger partial charge on any atom is 0.309 e. The monoisotopic (exact) mass is 242 g/mol. The first-order valence-electron chi connectivity index (χ1n) is 5.61. The van der Waals surface area contributed by atoms with Crippen molar-refractivity contribution < 1.29 is 19.5 Å². The standard InChI is InChI=1S/C11H18N2O4/c1-11(2,10(16)17)5-9(15)13-7-3-4-8(14)12-6-7/h7H,3-6H2,1-2H3,(H,12,14)(H,13,15)(H,16,17). The van der Waals surface area contributed by atoms with Gasteiger partial charge in [0.25, 0.3) is 0 Å². The Bertz CT molecular complexity index is 328. The summed E-state index contributed by atoms with van der Waals surface area (Å²) < 4.78 is 0. The molecule has 0 aromatic carbocycles. The van der Waals surface area contributed by atoms with Crippen LogP contribution in [0, 0.1) is 5.41 Å².